The van der Waals surface area contributed by atoms with Gasteiger partial charge in [0.1, 0.15) is 10.8 Å². The first kappa shape index (κ1) is 13.5. The van der Waals surface area contributed by atoms with Gasteiger partial charge in [-0.25, -0.2) is 8.42 Å². The van der Waals surface area contributed by atoms with Gasteiger partial charge >= 0.3 is 0 Å². The number of nitrogens with two attached hydrogens (primary N) is 1. The van der Waals surface area contributed by atoms with Gasteiger partial charge in [0.15, 0.2) is 9.84 Å². The third-order valence-corrected chi connectivity index (χ3v) is 6.16. The Kier molecular flexibility index (Phi) is 3.26. The van der Waals surface area contributed by atoms with E-state index < -0.39 is 26.5 Å². The number of nitrogens with zero attached hydrogens (tertiary/aromatic N) is 1. The molecule has 0 spiro atoms. The second kappa shape index (κ2) is 4.34. The van der Waals surface area contributed by atoms with Crippen LogP contribution in [0.1, 0.15) is 18.4 Å². The SMILES string of the molecule is CCS(=O)(=O)[C@@H]1[C@H](c2ccc(Br)cc2)[C@]1(N)C#N. The van der Waals surface area contributed by atoms with Crippen LogP contribution >= 0.6 is 15.9 Å². The molecule has 2 rings (SSSR count). The highest BCUT2D eigenvalue weighted by atomic mass is 79.9. The number of sulfone groups is 1. The monoisotopic (exact) mass is 328 g/mol. The second-order valence-electron chi connectivity index (χ2n) is 4.45. The minimum atomic E-state index is -3.31. The first-order valence-electron chi connectivity index (χ1n) is 5.54. The molecular weight excluding hydrogens is 316 g/mol. The van der Waals surface area contributed by atoms with Gasteiger partial charge in [0.2, 0.25) is 0 Å². The molecule has 3 atom stereocenters. The summed E-state index contributed by atoms with van der Waals surface area (Å²) in [5.74, 6) is -0.425. The Morgan fingerprint density at radius 3 is 2.44 bits per heavy atom. The smallest absolute Gasteiger partial charge is 0.156 e. The van der Waals surface area contributed by atoms with E-state index >= 15 is 0 Å². The summed E-state index contributed by atoms with van der Waals surface area (Å²) in [7, 11) is -3.31. The normalized spacial score (nSPS) is 30.8. The first-order valence-corrected chi connectivity index (χ1v) is 8.05. The predicted molar refractivity (Wildman–Crippen MR) is 72.7 cm³/mol. The molecule has 0 bridgehead atoms. The van der Waals surface area contributed by atoms with Gasteiger partial charge in [0, 0.05) is 16.1 Å². The van der Waals surface area contributed by atoms with Crippen LogP contribution < -0.4 is 5.73 Å². The van der Waals surface area contributed by atoms with Crippen LogP contribution in [0, 0.1) is 11.3 Å². The third-order valence-electron chi connectivity index (χ3n) is 3.39. The van der Waals surface area contributed by atoms with Gasteiger partial charge in [-0.05, 0) is 17.7 Å². The minimum absolute atomic E-state index is 0.00528. The fourth-order valence-electron chi connectivity index (χ4n) is 2.31. The number of hydrogen-bond donors (Lipinski definition) is 1. The van der Waals surface area contributed by atoms with Gasteiger partial charge in [0.25, 0.3) is 0 Å². The summed E-state index contributed by atoms with van der Waals surface area (Å²) in [6.45, 7) is 1.57. The van der Waals surface area contributed by atoms with Crippen LogP contribution in [0.5, 0.6) is 0 Å². The van der Waals surface area contributed by atoms with E-state index in [-0.39, 0.29) is 5.75 Å². The molecule has 1 saturated carbocycles. The van der Waals surface area contributed by atoms with E-state index in [1.54, 1.807) is 19.1 Å². The summed E-state index contributed by atoms with van der Waals surface area (Å²) in [5.41, 5.74) is 5.42. The van der Waals surface area contributed by atoms with Crippen LogP contribution in [0.3, 0.4) is 0 Å². The fraction of sp³-hybridized carbons (Fsp3) is 0.417. The van der Waals surface area contributed by atoms with Gasteiger partial charge in [-0.2, -0.15) is 5.26 Å². The van der Waals surface area contributed by atoms with E-state index in [4.69, 9.17) is 11.0 Å². The summed E-state index contributed by atoms with van der Waals surface area (Å²) >= 11 is 3.31. The predicted octanol–water partition coefficient (Wildman–Crippen LogP) is 1.57. The van der Waals surface area contributed by atoms with Crippen molar-refractivity contribution in [3.63, 3.8) is 0 Å². The average molecular weight is 329 g/mol. The Morgan fingerprint density at radius 1 is 1.44 bits per heavy atom. The van der Waals surface area contributed by atoms with Crippen LogP contribution in [0.25, 0.3) is 0 Å². The lowest BCUT2D eigenvalue weighted by atomic mass is 10.1. The van der Waals surface area contributed by atoms with Crippen molar-refractivity contribution in [3.05, 3.63) is 34.3 Å². The lowest BCUT2D eigenvalue weighted by Gasteiger charge is -2.00. The Bertz CT molecular complexity index is 606. The fourth-order valence-corrected chi connectivity index (χ4v) is 4.45. The Balaban J connectivity index is 2.41. The van der Waals surface area contributed by atoms with Gasteiger partial charge < -0.3 is 5.73 Å². The molecule has 0 saturated heterocycles. The lowest BCUT2D eigenvalue weighted by Crippen LogP contribution is -2.29. The minimum Gasteiger partial charge on any atom is -0.312 e. The second-order valence-corrected chi connectivity index (χ2v) is 7.77. The van der Waals surface area contributed by atoms with Crippen molar-refractivity contribution in [2.24, 2.45) is 5.73 Å². The summed E-state index contributed by atoms with van der Waals surface area (Å²) in [6, 6.07) is 9.21. The van der Waals surface area contributed by atoms with E-state index in [0.717, 1.165) is 10.0 Å². The lowest BCUT2D eigenvalue weighted by molar-refractivity contribution is 0.593. The molecule has 18 heavy (non-hydrogen) atoms. The first-order chi connectivity index (χ1) is 8.36. The average Bonchev–Trinajstić information content (AvgIpc) is 2.98. The molecule has 0 aliphatic heterocycles. The molecule has 1 fully saturated rings. The zero-order chi connectivity index (χ0) is 13.6. The van der Waals surface area contributed by atoms with Gasteiger partial charge in [-0.1, -0.05) is 35.0 Å². The highest BCUT2D eigenvalue weighted by Gasteiger charge is 2.69. The maximum Gasteiger partial charge on any atom is 0.156 e. The van der Waals surface area contributed by atoms with Crippen LogP contribution in [0.4, 0.5) is 0 Å². The number of rotatable bonds is 3. The summed E-state index contributed by atoms with van der Waals surface area (Å²) in [4.78, 5) is 0. The molecule has 0 unspecified atom stereocenters. The number of halogens is 1. The van der Waals surface area contributed by atoms with E-state index in [9.17, 15) is 8.42 Å². The Labute approximate surface area is 115 Å². The van der Waals surface area contributed by atoms with Crippen molar-refractivity contribution in [2.75, 3.05) is 5.75 Å². The molecule has 0 heterocycles. The molecule has 1 aromatic carbocycles. The molecule has 1 aromatic rings. The van der Waals surface area contributed by atoms with Crippen LogP contribution in [-0.2, 0) is 9.84 Å². The third kappa shape index (κ3) is 1.96. The topological polar surface area (TPSA) is 83.9 Å². The zero-order valence-electron chi connectivity index (χ0n) is 9.80. The van der Waals surface area contributed by atoms with Gasteiger partial charge in [-0.15, -0.1) is 0 Å². The molecule has 0 amide bonds. The zero-order valence-corrected chi connectivity index (χ0v) is 12.2. The van der Waals surface area contributed by atoms with Crippen LogP contribution in [-0.4, -0.2) is 25.0 Å². The molecule has 1 aliphatic carbocycles. The summed E-state index contributed by atoms with van der Waals surface area (Å²) < 4.78 is 24.8. The molecular formula is C12H13BrN2O2S. The molecule has 0 radical (unpaired) electrons. The summed E-state index contributed by atoms with van der Waals surface area (Å²) in [5, 5.41) is 8.34. The maximum atomic E-state index is 11.9. The summed E-state index contributed by atoms with van der Waals surface area (Å²) in [6.07, 6.45) is 0. The van der Waals surface area contributed by atoms with Crippen LogP contribution in [0.2, 0.25) is 0 Å². The van der Waals surface area contributed by atoms with Crippen molar-refractivity contribution >= 4 is 25.8 Å². The van der Waals surface area contributed by atoms with E-state index in [0.29, 0.717) is 0 Å². The molecule has 6 heteroatoms. The molecule has 0 aromatic heterocycles. The maximum absolute atomic E-state index is 11.9. The van der Waals surface area contributed by atoms with E-state index in [1.807, 2.05) is 18.2 Å². The van der Waals surface area contributed by atoms with Crippen molar-refractivity contribution in [1.82, 2.24) is 0 Å². The highest BCUT2D eigenvalue weighted by molar-refractivity contribution is 9.10. The van der Waals surface area contributed by atoms with Crippen LogP contribution in [0.15, 0.2) is 28.7 Å². The van der Waals surface area contributed by atoms with Crippen molar-refractivity contribution < 1.29 is 8.42 Å². The van der Waals surface area contributed by atoms with Crippen molar-refractivity contribution in [2.45, 2.75) is 23.6 Å². The quantitative estimate of drug-likeness (QED) is 0.912. The van der Waals surface area contributed by atoms with Gasteiger partial charge in [0.05, 0.1) is 6.07 Å². The number of nitriles is 1. The molecule has 4 nitrogen and oxygen atoms in total. The largest absolute Gasteiger partial charge is 0.312 e. The molecule has 1 aliphatic rings. The van der Waals surface area contributed by atoms with Crippen molar-refractivity contribution in [1.29, 1.82) is 5.26 Å². The van der Waals surface area contributed by atoms with Gasteiger partial charge in [-0.3, -0.25) is 0 Å². The number of hydrogen-bond acceptors (Lipinski definition) is 4. The standard InChI is InChI=1S/C12H13BrN2O2S/c1-2-18(16,17)11-10(12(11,15)7-14)8-3-5-9(13)6-4-8/h3-6,10-11H,2,15H2,1H3/t10-,11+,12+/m0/s1. The Morgan fingerprint density at radius 2 is 2.00 bits per heavy atom. The Hall–Kier alpha value is -0.900. The molecule has 2 N–H and O–H groups in total. The van der Waals surface area contributed by atoms with E-state index in [1.165, 1.54) is 0 Å². The number of benzene rings is 1. The molecule has 96 valence electrons. The highest BCUT2D eigenvalue weighted by Crippen LogP contribution is 2.53. The van der Waals surface area contributed by atoms with E-state index in [2.05, 4.69) is 15.9 Å². The van der Waals surface area contributed by atoms with Crippen molar-refractivity contribution in [3.8, 4) is 6.07 Å².